The summed E-state index contributed by atoms with van der Waals surface area (Å²) in [6.07, 6.45) is 4.82. The number of amides is 1. The van der Waals surface area contributed by atoms with Crippen molar-refractivity contribution >= 4 is 5.91 Å². The molecule has 1 N–H and O–H groups in total. The molecule has 0 unspecified atom stereocenters. The SMILES string of the molecule is CCC(O)(CC)CN1CCN(C(=O)c2ccncc2)CC1. The van der Waals surface area contributed by atoms with Crippen molar-refractivity contribution in [1.29, 1.82) is 0 Å². The maximum Gasteiger partial charge on any atom is 0.254 e. The first-order chi connectivity index (χ1) is 10.1. The van der Waals surface area contributed by atoms with Crippen LogP contribution < -0.4 is 0 Å². The lowest BCUT2D eigenvalue weighted by atomic mass is 9.96. The van der Waals surface area contributed by atoms with E-state index in [1.165, 1.54) is 0 Å². The summed E-state index contributed by atoms with van der Waals surface area (Å²) in [5, 5.41) is 10.4. The summed E-state index contributed by atoms with van der Waals surface area (Å²) in [5.41, 5.74) is 0.0918. The molecule has 0 spiro atoms. The van der Waals surface area contributed by atoms with Crippen molar-refractivity contribution < 1.29 is 9.90 Å². The number of aromatic nitrogens is 1. The van der Waals surface area contributed by atoms with Crippen molar-refractivity contribution in [3.05, 3.63) is 30.1 Å². The van der Waals surface area contributed by atoms with E-state index in [0.717, 1.165) is 25.9 Å². The molecular formula is C16H25N3O2. The average molecular weight is 291 g/mol. The zero-order valence-corrected chi connectivity index (χ0v) is 13.0. The second kappa shape index (κ2) is 7.00. The van der Waals surface area contributed by atoms with Gasteiger partial charge in [0.15, 0.2) is 0 Å². The molecular weight excluding hydrogens is 266 g/mol. The van der Waals surface area contributed by atoms with Crippen molar-refractivity contribution in [3.63, 3.8) is 0 Å². The molecule has 21 heavy (non-hydrogen) atoms. The molecule has 0 radical (unpaired) electrons. The molecule has 0 aromatic carbocycles. The molecule has 0 saturated carbocycles. The highest BCUT2D eigenvalue weighted by Gasteiger charge is 2.29. The topological polar surface area (TPSA) is 56.7 Å². The van der Waals surface area contributed by atoms with Gasteiger partial charge in [-0.25, -0.2) is 0 Å². The number of rotatable bonds is 5. The molecule has 0 bridgehead atoms. The summed E-state index contributed by atoms with van der Waals surface area (Å²) >= 11 is 0. The number of pyridine rings is 1. The van der Waals surface area contributed by atoms with Crippen molar-refractivity contribution in [2.24, 2.45) is 0 Å². The van der Waals surface area contributed by atoms with Crippen LogP contribution in [0.3, 0.4) is 0 Å². The minimum Gasteiger partial charge on any atom is -0.389 e. The fraction of sp³-hybridized carbons (Fsp3) is 0.625. The zero-order valence-electron chi connectivity index (χ0n) is 13.0. The molecule has 5 heteroatoms. The number of nitrogens with zero attached hydrogens (tertiary/aromatic N) is 3. The minimum absolute atomic E-state index is 0.0679. The molecule has 1 aliphatic rings. The summed E-state index contributed by atoms with van der Waals surface area (Å²) in [6.45, 7) is 7.80. The smallest absolute Gasteiger partial charge is 0.254 e. The summed E-state index contributed by atoms with van der Waals surface area (Å²) < 4.78 is 0. The number of hydrogen-bond donors (Lipinski definition) is 1. The van der Waals surface area contributed by atoms with E-state index in [0.29, 0.717) is 25.2 Å². The van der Waals surface area contributed by atoms with Gasteiger partial charge in [-0.15, -0.1) is 0 Å². The highest BCUT2D eigenvalue weighted by molar-refractivity contribution is 5.94. The van der Waals surface area contributed by atoms with Crippen LogP contribution >= 0.6 is 0 Å². The maximum absolute atomic E-state index is 12.3. The fourth-order valence-electron chi connectivity index (χ4n) is 2.68. The van der Waals surface area contributed by atoms with Crippen LogP contribution in [0.15, 0.2) is 24.5 Å². The van der Waals surface area contributed by atoms with Crippen molar-refractivity contribution in [2.45, 2.75) is 32.3 Å². The van der Waals surface area contributed by atoms with Gasteiger partial charge in [-0.1, -0.05) is 13.8 Å². The predicted octanol–water partition coefficient (Wildman–Crippen LogP) is 1.39. The first-order valence-electron chi connectivity index (χ1n) is 7.72. The third-order valence-corrected chi connectivity index (χ3v) is 4.42. The minimum atomic E-state index is -0.600. The Kier molecular flexibility index (Phi) is 5.31. The van der Waals surface area contributed by atoms with Crippen LogP contribution in [-0.2, 0) is 0 Å². The monoisotopic (exact) mass is 291 g/mol. The Morgan fingerprint density at radius 2 is 1.76 bits per heavy atom. The maximum atomic E-state index is 12.3. The number of carbonyl (C=O) groups is 1. The summed E-state index contributed by atoms with van der Waals surface area (Å²) in [4.78, 5) is 20.4. The van der Waals surface area contributed by atoms with Gasteiger partial charge in [0.25, 0.3) is 5.91 Å². The molecule has 1 fully saturated rings. The molecule has 0 aliphatic carbocycles. The summed E-state index contributed by atoms with van der Waals surface area (Å²) in [5.74, 6) is 0.0679. The van der Waals surface area contributed by atoms with Crippen LogP contribution in [-0.4, -0.2) is 64.1 Å². The molecule has 1 aliphatic heterocycles. The Morgan fingerprint density at radius 3 is 2.29 bits per heavy atom. The molecule has 1 saturated heterocycles. The zero-order chi connectivity index (χ0) is 15.3. The lowest BCUT2D eigenvalue weighted by Gasteiger charge is -2.39. The van der Waals surface area contributed by atoms with Gasteiger partial charge < -0.3 is 10.0 Å². The Morgan fingerprint density at radius 1 is 1.19 bits per heavy atom. The van der Waals surface area contributed by atoms with Gasteiger partial charge in [0, 0.05) is 50.7 Å². The highest BCUT2D eigenvalue weighted by atomic mass is 16.3. The molecule has 1 aromatic heterocycles. The predicted molar refractivity (Wildman–Crippen MR) is 82.1 cm³/mol. The van der Waals surface area contributed by atoms with Gasteiger partial charge in [0.2, 0.25) is 0 Å². The van der Waals surface area contributed by atoms with Gasteiger partial charge >= 0.3 is 0 Å². The Bertz CT molecular complexity index is 452. The Balaban J connectivity index is 1.87. The molecule has 1 aromatic rings. The van der Waals surface area contributed by atoms with Crippen LogP contribution in [0.1, 0.15) is 37.0 Å². The quantitative estimate of drug-likeness (QED) is 0.891. The molecule has 2 rings (SSSR count). The van der Waals surface area contributed by atoms with Crippen molar-refractivity contribution in [2.75, 3.05) is 32.7 Å². The van der Waals surface area contributed by atoms with E-state index in [9.17, 15) is 9.90 Å². The summed E-state index contributed by atoms with van der Waals surface area (Å²) in [7, 11) is 0. The van der Waals surface area contributed by atoms with E-state index in [1.54, 1.807) is 24.5 Å². The fourth-order valence-corrected chi connectivity index (χ4v) is 2.68. The van der Waals surface area contributed by atoms with Crippen LogP contribution in [0.2, 0.25) is 0 Å². The summed E-state index contributed by atoms with van der Waals surface area (Å²) in [6, 6.07) is 3.50. The number of hydrogen-bond acceptors (Lipinski definition) is 4. The molecule has 116 valence electrons. The number of piperazine rings is 1. The van der Waals surface area contributed by atoms with Crippen LogP contribution in [0.25, 0.3) is 0 Å². The third-order valence-electron chi connectivity index (χ3n) is 4.42. The molecule has 1 amide bonds. The van der Waals surface area contributed by atoms with E-state index in [-0.39, 0.29) is 5.91 Å². The van der Waals surface area contributed by atoms with Crippen LogP contribution in [0, 0.1) is 0 Å². The first kappa shape index (κ1) is 15.9. The van der Waals surface area contributed by atoms with Crippen LogP contribution in [0.5, 0.6) is 0 Å². The first-order valence-corrected chi connectivity index (χ1v) is 7.72. The lowest BCUT2D eigenvalue weighted by molar-refractivity contribution is -0.0139. The molecule has 0 atom stereocenters. The average Bonchev–Trinajstić information content (AvgIpc) is 2.55. The normalized spacial score (nSPS) is 17.0. The van der Waals surface area contributed by atoms with Crippen LogP contribution in [0.4, 0.5) is 0 Å². The van der Waals surface area contributed by atoms with Gasteiger partial charge in [-0.05, 0) is 25.0 Å². The lowest BCUT2D eigenvalue weighted by Crippen LogP contribution is -2.53. The second-order valence-corrected chi connectivity index (χ2v) is 5.74. The molecule has 5 nitrogen and oxygen atoms in total. The largest absolute Gasteiger partial charge is 0.389 e. The van der Waals surface area contributed by atoms with E-state index in [1.807, 2.05) is 18.7 Å². The van der Waals surface area contributed by atoms with Gasteiger partial charge in [0.1, 0.15) is 0 Å². The standard InChI is InChI=1S/C16H25N3O2/c1-3-16(21,4-2)13-18-9-11-19(12-10-18)15(20)14-5-7-17-8-6-14/h5-8,21H,3-4,9-13H2,1-2H3. The van der Waals surface area contributed by atoms with E-state index < -0.39 is 5.60 Å². The number of β-amino-alcohol motifs (C(OH)–C–C–N with tert-alkyl or cyclic N) is 1. The van der Waals surface area contributed by atoms with Gasteiger partial charge in [-0.2, -0.15) is 0 Å². The van der Waals surface area contributed by atoms with Crippen molar-refractivity contribution in [1.82, 2.24) is 14.8 Å². The van der Waals surface area contributed by atoms with E-state index >= 15 is 0 Å². The van der Waals surface area contributed by atoms with Gasteiger partial charge in [-0.3, -0.25) is 14.7 Å². The van der Waals surface area contributed by atoms with E-state index in [4.69, 9.17) is 0 Å². The third kappa shape index (κ3) is 4.02. The number of carbonyl (C=O) groups excluding carboxylic acids is 1. The Hall–Kier alpha value is -1.46. The number of aliphatic hydroxyl groups is 1. The van der Waals surface area contributed by atoms with Gasteiger partial charge in [0.05, 0.1) is 5.60 Å². The second-order valence-electron chi connectivity index (χ2n) is 5.74. The molecule has 2 heterocycles. The van der Waals surface area contributed by atoms with E-state index in [2.05, 4.69) is 9.88 Å². The van der Waals surface area contributed by atoms with Crippen molar-refractivity contribution in [3.8, 4) is 0 Å². The highest BCUT2D eigenvalue weighted by Crippen LogP contribution is 2.18. The Labute approximate surface area is 126 Å².